The van der Waals surface area contributed by atoms with Crippen LogP contribution < -0.4 is 16.0 Å². The van der Waals surface area contributed by atoms with E-state index in [4.69, 9.17) is 4.74 Å². The molecule has 9 heteroatoms. The molecule has 3 amide bonds. The van der Waals surface area contributed by atoms with E-state index >= 15 is 0 Å². The smallest absolute Gasteiger partial charge is 0.315 e. The number of carbonyl (C=O) groups excluding carboxylic acids is 2. The molecule has 0 spiro atoms. The highest BCUT2D eigenvalue weighted by molar-refractivity contribution is 5.87. The molecule has 0 bridgehead atoms. The van der Waals surface area contributed by atoms with Crippen LogP contribution in [0.15, 0.2) is 48.5 Å². The lowest BCUT2D eigenvalue weighted by molar-refractivity contribution is -0.123. The summed E-state index contributed by atoms with van der Waals surface area (Å²) >= 11 is 0. The van der Waals surface area contributed by atoms with Gasteiger partial charge in [-0.15, -0.1) is 0 Å². The number of nitrogens with one attached hydrogen (secondary N) is 3. The van der Waals surface area contributed by atoms with Gasteiger partial charge in [0.2, 0.25) is 5.91 Å². The predicted molar refractivity (Wildman–Crippen MR) is 125 cm³/mol. The minimum atomic E-state index is -0.697. The maximum atomic E-state index is 13.4. The maximum Gasteiger partial charge on any atom is 0.315 e. The van der Waals surface area contributed by atoms with Gasteiger partial charge in [-0.25, -0.2) is 13.6 Å². The molecule has 184 valence electrons. The van der Waals surface area contributed by atoms with Gasteiger partial charge in [0.05, 0.1) is 19.3 Å². The van der Waals surface area contributed by atoms with Gasteiger partial charge in [0.25, 0.3) is 0 Å². The van der Waals surface area contributed by atoms with Crippen molar-refractivity contribution in [3.05, 3.63) is 71.3 Å². The molecule has 7 nitrogen and oxygen atoms in total. The molecule has 1 heterocycles. The summed E-state index contributed by atoms with van der Waals surface area (Å²) in [6, 6.07) is 10.8. The Hall–Kier alpha value is -3.04. The average molecular weight is 475 g/mol. The Labute approximate surface area is 198 Å². The number of morpholine rings is 1. The molecule has 2 aromatic rings. The van der Waals surface area contributed by atoms with Gasteiger partial charge in [0, 0.05) is 26.2 Å². The molecule has 2 aromatic carbocycles. The number of urea groups is 1. The summed E-state index contributed by atoms with van der Waals surface area (Å²) in [5, 5.41) is 8.39. The molecule has 1 fully saturated rings. The molecule has 3 N–H and O–H groups in total. The Balaban J connectivity index is 1.58. The Kier molecular flexibility index (Phi) is 9.78. The van der Waals surface area contributed by atoms with Gasteiger partial charge in [-0.3, -0.25) is 9.69 Å². The molecular formula is C25H32F2N4O3. The summed E-state index contributed by atoms with van der Waals surface area (Å²) < 4.78 is 31.9. The van der Waals surface area contributed by atoms with Crippen molar-refractivity contribution in [3.63, 3.8) is 0 Å². The highest BCUT2D eigenvalue weighted by atomic mass is 19.1. The second-order valence-corrected chi connectivity index (χ2v) is 8.26. The highest BCUT2D eigenvalue weighted by Gasteiger charge is 2.25. The topological polar surface area (TPSA) is 82.7 Å². The SMILES string of the molecule is CCCC(NC(=O)NCc1ccc(F)cc1)C(=O)NCC(c1ccc(F)cc1)N1CCOCC1. The number of benzene rings is 2. The van der Waals surface area contributed by atoms with Crippen molar-refractivity contribution in [1.82, 2.24) is 20.9 Å². The first kappa shape index (κ1) is 25.6. The van der Waals surface area contributed by atoms with E-state index in [-0.39, 0.29) is 30.1 Å². The standard InChI is InChI=1S/C25H32F2N4O3/c1-2-3-22(30-25(33)29-16-18-4-8-20(26)9-5-18)24(32)28-17-23(31-12-14-34-15-13-31)19-6-10-21(27)11-7-19/h4-11,22-23H,2-3,12-17H2,1H3,(H,28,32)(H2,29,30,33). The van der Waals surface area contributed by atoms with Crippen molar-refractivity contribution < 1.29 is 23.1 Å². The van der Waals surface area contributed by atoms with Crippen LogP contribution >= 0.6 is 0 Å². The minimum Gasteiger partial charge on any atom is -0.379 e. The van der Waals surface area contributed by atoms with Crippen LogP contribution in [-0.4, -0.2) is 55.7 Å². The van der Waals surface area contributed by atoms with Gasteiger partial charge in [-0.05, 0) is 41.8 Å². The zero-order chi connectivity index (χ0) is 24.3. The molecule has 0 radical (unpaired) electrons. The van der Waals surface area contributed by atoms with Crippen LogP contribution in [0.25, 0.3) is 0 Å². The molecule has 0 aromatic heterocycles. The van der Waals surface area contributed by atoms with E-state index in [0.29, 0.717) is 45.7 Å². The first-order valence-electron chi connectivity index (χ1n) is 11.6. The normalized spacial score (nSPS) is 15.9. The van der Waals surface area contributed by atoms with Gasteiger partial charge in [0.15, 0.2) is 0 Å². The zero-order valence-corrected chi connectivity index (χ0v) is 19.4. The first-order chi connectivity index (χ1) is 16.5. The quantitative estimate of drug-likeness (QED) is 0.494. The van der Waals surface area contributed by atoms with E-state index in [1.807, 2.05) is 6.92 Å². The van der Waals surface area contributed by atoms with Crippen molar-refractivity contribution in [2.24, 2.45) is 0 Å². The number of nitrogens with zero attached hydrogens (tertiary/aromatic N) is 1. The Morgan fingerprint density at radius 1 is 0.971 bits per heavy atom. The molecule has 2 unspecified atom stereocenters. The number of hydrogen-bond acceptors (Lipinski definition) is 4. The molecular weight excluding hydrogens is 442 g/mol. The van der Waals surface area contributed by atoms with Crippen LogP contribution in [0.2, 0.25) is 0 Å². The summed E-state index contributed by atoms with van der Waals surface area (Å²) in [7, 11) is 0. The van der Waals surface area contributed by atoms with Crippen LogP contribution in [0.5, 0.6) is 0 Å². The van der Waals surface area contributed by atoms with Crippen molar-refractivity contribution in [3.8, 4) is 0 Å². The molecule has 1 aliphatic heterocycles. The predicted octanol–water partition coefficient (Wildman–Crippen LogP) is 3.12. The third-order valence-corrected chi connectivity index (χ3v) is 5.78. The minimum absolute atomic E-state index is 0.136. The Morgan fingerprint density at radius 3 is 2.21 bits per heavy atom. The van der Waals surface area contributed by atoms with E-state index in [9.17, 15) is 18.4 Å². The zero-order valence-electron chi connectivity index (χ0n) is 19.4. The third-order valence-electron chi connectivity index (χ3n) is 5.78. The first-order valence-corrected chi connectivity index (χ1v) is 11.6. The molecule has 1 saturated heterocycles. The second kappa shape index (κ2) is 13.0. The maximum absolute atomic E-state index is 13.4. The molecule has 3 rings (SSSR count). The second-order valence-electron chi connectivity index (χ2n) is 8.26. The van der Waals surface area contributed by atoms with E-state index in [1.54, 1.807) is 24.3 Å². The summed E-state index contributed by atoms with van der Waals surface area (Å²) in [6.07, 6.45) is 1.19. The van der Waals surface area contributed by atoms with Crippen molar-refractivity contribution >= 4 is 11.9 Å². The lowest BCUT2D eigenvalue weighted by Crippen LogP contribution is -2.51. The van der Waals surface area contributed by atoms with Crippen molar-refractivity contribution in [1.29, 1.82) is 0 Å². The highest BCUT2D eigenvalue weighted by Crippen LogP contribution is 2.22. The third kappa shape index (κ3) is 7.78. The summed E-state index contributed by atoms with van der Waals surface area (Å²) in [5.74, 6) is -0.935. The van der Waals surface area contributed by atoms with Gasteiger partial charge in [0.1, 0.15) is 17.7 Å². The lowest BCUT2D eigenvalue weighted by Gasteiger charge is -2.35. The average Bonchev–Trinajstić information content (AvgIpc) is 2.85. The molecule has 34 heavy (non-hydrogen) atoms. The van der Waals surface area contributed by atoms with Crippen LogP contribution in [0.1, 0.15) is 36.9 Å². The molecule has 0 aliphatic carbocycles. The number of amides is 3. The van der Waals surface area contributed by atoms with Crippen LogP contribution in [0, 0.1) is 11.6 Å². The van der Waals surface area contributed by atoms with E-state index < -0.39 is 12.1 Å². The lowest BCUT2D eigenvalue weighted by atomic mass is 10.0. The molecule has 0 saturated carbocycles. The monoisotopic (exact) mass is 474 g/mol. The number of carbonyl (C=O) groups is 2. The molecule has 1 aliphatic rings. The van der Waals surface area contributed by atoms with E-state index in [0.717, 1.165) is 11.1 Å². The summed E-state index contributed by atoms with van der Waals surface area (Å²) in [6.45, 7) is 5.09. The summed E-state index contributed by atoms with van der Waals surface area (Å²) in [4.78, 5) is 27.5. The molecule has 2 atom stereocenters. The van der Waals surface area contributed by atoms with Gasteiger partial charge < -0.3 is 20.7 Å². The van der Waals surface area contributed by atoms with Crippen LogP contribution in [0.3, 0.4) is 0 Å². The van der Waals surface area contributed by atoms with E-state index in [2.05, 4.69) is 20.9 Å². The Bertz CT molecular complexity index is 919. The summed E-state index contributed by atoms with van der Waals surface area (Å²) in [5.41, 5.74) is 1.65. The largest absolute Gasteiger partial charge is 0.379 e. The van der Waals surface area contributed by atoms with Crippen LogP contribution in [0.4, 0.5) is 13.6 Å². The van der Waals surface area contributed by atoms with Gasteiger partial charge >= 0.3 is 6.03 Å². The fourth-order valence-electron chi connectivity index (χ4n) is 3.90. The van der Waals surface area contributed by atoms with Gasteiger partial charge in [-0.2, -0.15) is 0 Å². The number of halogens is 2. The Morgan fingerprint density at radius 2 is 1.59 bits per heavy atom. The number of ether oxygens (including phenoxy) is 1. The van der Waals surface area contributed by atoms with Gasteiger partial charge in [-0.1, -0.05) is 37.6 Å². The fraction of sp³-hybridized carbons (Fsp3) is 0.440. The van der Waals surface area contributed by atoms with Crippen LogP contribution in [-0.2, 0) is 16.1 Å². The van der Waals surface area contributed by atoms with Crippen molar-refractivity contribution in [2.75, 3.05) is 32.8 Å². The van der Waals surface area contributed by atoms with E-state index in [1.165, 1.54) is 24.3 Å². The van der Waals surface area contributed by atoms with Crippen molar-refractivity contribution in [2.45, 2.75) is 38.4 Å². The fourth-order valence-corrected chi connectivity index (χ4v) is 3.90. The number of hydrogen-bond donors (Lipinski definition) is 3. The number of rotatable bonds is 10.